The van der Waals surface area contributed by atoms with E-state index in [0.29, 0.717) is 23.5 Å². The number of alkyl halides is 2. The number of rotatable bonds is 8. The summed E-state index contributed by atoms with van der Waals surface area (Å²) in [5.74, 6) is -2.09. The standard InChI is InChI=1S/C23H24F2N4O2S/c1-2-23(24,25)9-11-32-22-19(13-27)20(18(12-26)21(28)29-22)15-5-7-16(8-6-15)31-17-4-3-10-30-14-17/h5-8,17H,2-4,9-11,14H2,1H3,(H2,28,29). The molecule has 1 fully saturated rings. The van der Waals surface area contributed by atoms with Crippen LogP contribution in [0.4, 0.5) is 14.6 Å². The van der Waals surface area contributed by atoms with E-state index in [1.807, 2.05) is 6.07 Å². The number of nitrogen functional groups attached to an aromatic ring is 1. The van der Waals surface area contributed by atoms with Gasteiger partial charge in [-0.3, -0.25) is 0 Å². The molecular formula is C23H24F2N4O2S. The van der Waals surface area contributed by atoms with E-state index < -0.39 is 5.92 Å². The van der Waals surface area contributed by atoms with Gasteiger partial charge in [0.2, 0.25) is 5.92 Å². The van der Waals surface area contributed by atoms with E-state index in [2.05, 4.69) is 11.1 Å². The number of halogens is 2. The molecule has 1 aromatic heterocycles. The van der Waals surface area contributed by atoms with Crippen molar-refractivity contribution in [1.29, 1.82) is 10.5 Å². The van der Waals surface area contributed by atoms with Crippen LogP contribution in [0.15, 0.2) is 29.3 Å². The maximum atomic E-state index is 13.6. The lowest BCUT2D eigenvalue weighted by Crippen LogP contribution is -2.27. The second-order valence-corrected chi connectivity index (χ2v) is 8.52. The lowest BCUT2D eigenvalue weighted by Gasteiger charge is -2.23. The number of hydrogen-bond donors (Lipinski definition) is 1. The third-order valence-corrected chi connectivity index (χ3v) is 6.18. The molecule has 1 aromatic carbocycles. The molecule has 32 heavy (non-hydrogen) atoms. The molecule has 2 N–H and O–H groups in total. The first kappa shape index (κ1) is 23.8. The van der Waals surface area contributed by atoms with Crippen molar-refractivity contribution in [2.45, 2.75) is 49.7 Å². The van der Waals surface area contributed by atoms with Crippen LogP contribution < -0.4 is 10.5 Å². The van der Waals surface area contributed by atoms with E-state index in [9.17, 15) is 19.3 Å². The smallest absolute Gasteiger partial charge is 0.248 e. The fraction of sp³-hybridized carbons (Fsp3) is 0.435. The number of benzene rings is 1. The van der Waals surface area contributed by atoms with Crippen LogP contribution >= 0.6 is 11.8 Å². The van der Waals surface area contributed by atoms with Crippen LogP contribution in [0.2, 0.25) is 0 Å². The van der Waals surface area contributed by atoms with Crippen LogP contribution in [0.1, 0.15) is 43.7 Å². The van der Waals surface area contributed by atoms with Gasteiger partial charge in [0, 0.05) is 30.8 Å². The summed E-state index contributed by atoms with van der Waals surface area (Å²) in [5.41, 5.74) is 7.16. The monoisotopic (exact) mass is 458 g/mol. The molecule has 0 spiro atoms. The first-order valence-electron chi connectivity index (χ1n) is 10.4. The average molecular weight is 459 g/mol. The summed E-state index contributed by atoms with van der Waals surface area (Å²) in [6, 6.07) is 11.1. The molecule has 1 saturated heterocycles. The van der Waals surface area contributed by atoms with Gasteiger partial charge >= 0.3 is 0 Å². The van der Waals surface area contributed by atoms with Crippen molar-refractivity contribution in [1.82, 2.24) is 4.98 Å². The van der Waals surface area contributed by atoms with Gasteiger partial charge in [-0.05, 0) is 30.5 Å². The summed E-state index contributed by atoms with van der Waals surface area (Å²) in [5, 5.41) is 19.7. The number of nitrogens with zero attached hydrogens (tertiary/aromatic N) is 3. The number of thioether (sulfide) groups is 1. The van der Waals surface area contributed by atoms with Crippen LogP contribution in [0.25, 0.3) is 11.1 Å². The zero-order valence-corrected chi connectivity index (χ0v) is 18.6. The minimum Gasteiger partial charge on any atom is -0.488 e. The normalized spacial score (nSPS) is 16.2. The fourth-order valence-corrected chi connectivity index (χ4v) is 4.41. The predicted molar refractivity (Wildman–Crippen MR) is 119 cm³/mol. The molecule has 1 aliphatic rings. The SMILES string of the molecule is CCC(F)(F)CCSc1nc(N)c(C#N)c(-c2ccc(OC3CCCOC3)cc2)c1C#N. The maximum absolute atomic E-state index is 13.6. The van der Waals surface area contributed by atoms with Crippen molar-refractivity contribution in [2.24, 2.45) is 0 Å². The van der Waals surface area contributed by atoms with Gasteiger partial charge in [-0.2, -0.15) is 10.5 Å². The number of nitriles is 2. The molecule has 1 aliphatic heterocycles. The number of pyridine rings is 1. The summed E-state index contributed by atoms with van der Waals surface area (Å²) >= 11 is 1.04. The third-order valence-electron chi connectivity index (χ3n) is 5.20. The Labute approximate surface area is 190 Å². The summed E-state index contributed by atoms with van der Waals surface area (Å²) in [7, 11) is 0. The topological polar surface area (TPSA) is 105 Å². The third kappa shape index (κ3) is 5.67. The summed E-state index contributed by atoms with van der Waals surface area (Å²) in [6.45, 7) is 2.71. The van der Waals surface area contributed by atoms with Crippen molar-refractivity contribution >= 4 is 17.6 Å². The molecule has 1 atom stereocenters. The quantitative estimate of drug-likeness (QED) is 0.545. The van der Waals surface area contributed by atoms with Gasteiger partial charge in [0.15, 0.2) is 0 Å². The van der Waals surface area contributed by atoms with Crippen LogP contribution in [-0.2, 0) is 4.74 Å². The summed E-state index contributed by atoms with van der Waals surface area (Å²) in [6.07, 6.45) is 1.25. The minimum atomic E-state index is -2.78. The van der Waals surface area contributed by atoms with E-state index in [-0.39, 0.29) is 46.7 Å². The Balaban J connectivity index is 1.89. The van der Waals surface area contributed by atoms with E-state index in [0.717, 1.165) is 31.2 Å². The number of ether oxygens (including phenoxy) is 2. The molecule has 0 saturated carbocycles. The van der Waals surface area contributed by atoms with Gasteiger partial charge < -0.3 is 15.2 Å². The summed E-state index contributed by atoms with van der Waals surface area (Å²) < 4.78 is 38.6. The highest BCUT2D eigenvalue weighted by Crippen LogP contribution is 2.37. The molecule has 1 unspecified atom stereocenters. The lowest BCUT2D eigenvalue weighted by molar-refractivity contribution is -0.00525. The van der Waals surface area contributed by atoms with Gasteiger partial charge in [-0.1, -0.05) is 19.1 Å². The van der Waals surface area contributed by atoms with Crippen LogP contribution in [0, 0.1) is 22.7 Å². The zero-order chi connectivity index (χ0) is 23.1. The Hall–Kier alpha value is -2.88. The Morgan fingerprint density at radius 2 is 1.97 bits per heavy atom. The van der Waals surface area contributed by atoms with Crippen molar-refractivity contribution < 1.29 is 18.3 Å². The van der Waals surface area contributed by atoms with E-state index in [1.54, 1.807) is 24.3 Å². The number of anilines is 1. The van der Waals surface area contributed by atoms with E-state index in [4.69, 9.17) is 15.2 Å². The molecule has 168 valence electrons. The molecule has 0 amide bonds. The van der Waals surface area contributed by atoms with Crippen LogP contribution in [0.3, 0.4) is 0 Å². The first-order chi connectivity index (χ1) is 15.4. The molecule has 9 heteroatoms. The number of hydrogen-bond acceptors (Lipinski definition) is 7. The highest BCUT2D eigenvalue weighted by atomic mass is 32.2. The number of nitrogens with two attached hydrogens (primary N) is 1. The van der Waals surface area contributed by atoms with Gasteiger partial charge in [0.1, 0.15) is 40.4 Å². The Kier molecular flexibility index (Phi) is 7.89. The molecule has 0 radical (unpaired) electrons. The summed E-state index contributed by atoms with van der Waals surface area (Å²) in [4.78, 5) is 4.15. The van der Waals surface area contributed by atoms with Crippen molar-refractivity contribution in [3.05, 3.63) is 35.4 Å². The second-order valence-electron chi connectivity index (χ2n) is 7.44. The van der Waals surface area contributed by atoms with Gasteiger partial charge in [-0.15, -0.1) is 11.8 Å². The number of aromatic nitrogens is 1. The lowest BCUT2D eigenvalue weighted by atomic mass is 9.97. The van der Waals surface area contributed by atoms with Gasteiger partial charge in [0.05, 0.1) is 12.2 Å². The van der Waals surface area contributed by atoms with Crippen molar-refractivity contribution in [3.63, 3.8) is 0 Å². The largest absolute Gasteiger partial charge is 0.488 e. The van der Waals surface area contributed by atoms with Gasteiger partial charge in [-0.25, -0.2) is 13.8 Å². The molecule has 0 aliphatic carbocycles. The molecule has 3 rings (SSSR count). The molecule has 6 nitrogen and oxygen atoms in total. The van der Waals surface area contributed by atoms with Crippen molar-refractivity contribution in [3.8, 4) is 29.0 Å². The maximum Gasteiger partial charge on any atom is 0.248 e. The molecule has 2 aromatic rings. The first-order valence-corrected chi connectivity index (χ1v) is 11.4. The minimum absolute atomic E-state index is 0.0141. The highest BCUT2D eigenvalue weighted by molar-refractivity contribution is 7.99. The fourth-order valence-electron chi connectivity index (χ4n) is 3.36. The average Bonchev–Trinajstić information content (AvgIpc) is 2.80. The molecule has 0 bridgehead atoms. The zero-order valence-electron chi connectivity index (χ0n) is 17.7. The Bertz CT molecular complexity index is 1030. The molecular weight excluding hydrogens is 434 g/mol. The predicted octanol–water partition coefficient (Wildman–Crippen LogP) is 5.16. The Morgan fingerprint density at radius 1 is 1.25 bits per heavy atom. The highest BCUT2D eigenvalue weighted by Gasteiger charge is 2.27. The van der Waals surface area contributed by atoms with Crippen LogP contribution in [-0.4, -0.2) is 36.0 Å². The van der Waals surface area contributed by atoms with Crippen LogP contribution in [0.5, 0.6) is 5.75 Å². The Morgan fingerprint density at radius 3 is 2.56 bits per heavy atom. The van der Waals surface area contributed by atoms with Gasteiger partial charge in [0.25, 0.3) is 0 Å². The second kappa shape index (κ2) is 10.6. The van der Waals surface area contributed by atoms with E-state index in [1.165, 1.54) is 6.92 Å². The van der Waals surface area contributed by atoms with E-state index >= 15 is 0 Å². The molecule has 2 heterocycles. The van der Waals surface area contributed by atoms with Crippen molar-refractivity contribution in [2.75, 3.05) is 24.7 Å².